The van der Waals surface area contributed by atoms with Gasteiger partial charge >= 0.3 is 29.6 Å². The Morgan fingerprint density at radius 2 is 1.93 bits per heavy atom. The molecule has 0 unspecified atom stereocenters. The standard InChI is InChI=1S/C9H8O3S.Na/c1-5(10)6-2-3-8(13)7(4-6)9(11)12;/h2-4,13H,1H3,(H,11,12);/q;+1/p-1. The second kappa shape index (κ2) is 5.56. The van der Waals surface area contributed by atoms with Gasteiger partial charge in [-0.15, -0.1) is 12.6 Å². The summed E-state index contributed by atoms with van der Waals surface area (Å²) >= 11 is 3.92. The van der Waals surface area contributed by atoms with E-state index < -0.39 is 5.97 Å². The molecule has 68 valence electrons. The predicted octanol–water partition coefficient (Wildman–Crippen LogP) is -2.45. The van der Waals surface area contributed by atoms with E-state index in [1.165, 1.54) is 25.1 Å². The molecule has 0 aliphatic carbocycles. The first-order chi connectivity index (χ1) is 6.02. The molecule has 1 aromatic rings. The van der Waals surface area contributed by atoms with Gasteiger partial charge in [0, 0.05) is 16.0 Å². The van der Waals surface area contributed by atoms with Crippen LogP contribution in [-0.4, -0.2) is 11.8 Å². The molecule has 5 heteroatoms. The molecular formula is C9H7NaO3S. The Bertz CT molecular complexity index is 376. The van der Waals surface area contributed by atoms with E-state index in [1.54, 1.807) is 0 Å². The topological polar surface area (TPSA) is 57.2 Å². The van der Waals surface area contributed by atoms with Crippen LogP contribution in [0.1, 0.15) is 27.6 Å². The Hall–Kier alpha value is -0.290. The Labute approximate surface area is 109 Å². The van der Waals surface area contributed by atoms with Crippen LogP contribution in [0, 0.1) is 0 Å². The number of carboxylic acids is 1. The fourth-order valence-corrected chi connectivity index (χ4v) is 1.15. The number of carbonyl (C=O) groups is 2. The predicted molar refractivity (Wildman–Crippen MR) is 48.0 cm³/mol. The van der Waals surface area contributed by atoms with Crippen molar-refractivity contribution in [1.29, 1.82) is 0 Å². The first kappa shape index (κ1) is 13.7. The van der Waals surface area contributed by atoms with Crippen molar-refractivity contribution >= 4 is 24.4 Å². The van der Waals surface area contributed by atoms with Gasteiger partial charge in [0.1, 0.15) is 0 Å². The van der Waals surface area contributed by atoms with Crippen molar-refractivity contribution in [3.8, 4) is 0 Å². The van der Waals surface area contributed by atoms with E-state index in [0.29, 0.717) is 10.5 Å². The van der Waals surface area contributed by atoms with Gasteiger partial charge in [-0.25, -0.2) is 0 Å². The third-order valence-electron chi connectivity index (χ3n) is 1.62. The van der Waals surface area contributed by atoms with Gasteiger partial charge in [0.05, 0.1) is 5.97 Å². The zero-order chi connectivity index (χ0) is 10.0. The number of aromatic carboxylic acids is 1. The van der Waals surface area contributed by atoms with Gasteiger partial charge < -0.3 is 9.90 Å². The molecule has 0 heterocycles. The van der Waals surface area contributed by atoms with E-state index in [0.717, 1.165) is 0 Å². The molecule has 0 N–H and O–H groups in total. The molecule has 0 aliphatic heterocycles. The summed E-state index contributed by atoms with van der Waals surface area (Å²) in [6, 6.07) is 4.25. The summed E-state index contributed by atoms with van der Waals surface area (Å²) in [7, 11) is 0. The number of carboxylic acid groups (broad SMARTS) is 1. The van der Waals surface area contributed by atoms with E-state index in [9.17, 15) is 14.7 Å². The van der Waals surface area contributed by atoms with Crippen LogP contribution in [-0.2, 0) is 0 Å². The van der Waals surface area contributed by atoms with Crippen molar-refractivity contribution in [2.45, 2.75) is 11.8 Å². The van der Waals surface area contributed by atoms with Gasteiger partial charge in [-0.1, -0.05) is 6.07 Å². The second-order valence-corrected chi connectivity index (χ2v) is 3.06. The summed E-state index contributed by atoms with van der Waals surface area (Å²) in [4.78, 5) is 21.7. The molecule has 0 aromatic heterocycles. The monoisotopic (exact) mass is 218 g/mol. The quantitative estimate of drug-likeness (QED) is 0.340. The zero-order valence-corrected chi connectivity index (χ0v) is 10.8. The van der Waals surface area contributed by atoms with Crippen LogP contribution in [0.25, 0.3) is 0 Å². The fourth-order valence-electron chi connectivity index (χ4n) is 0.919. The minimum absolute atomic E-state index is 0. The molecule has 0 fully saturated rings. The molecular weight excluding hydrogens is 211 g/mol. The van der Waals surface area contributed by atoms with Crippen LogP contribution in [0.5, 0.6) is 0 Å². The molecule has 1 aromatic carbocycles. The number of benzene rings is 1. The minimum atomic E-state index is -1.33. The fraction of sp³-hybridized carbons (Fsp3) is 0.111. The molecule has 0 aliphatic rings. The molecule has 1 rings (SSSR count). The Balaban J connectivity index is 0.00000169. The van der Waals surface area contributed by atoms with Gasteiger partial charge in [0.2, 0.25) is 0 Å². The van der Waals surface area contributed by atoms with Gasteiger partial charge in [0.15, 0.2) is 5.78 Å². The maximum atomic E-state index is 10.9. The number of rotatable bonds is 2. The summed E-state index contributed by atoms with van der Waals surface area (Å²) in [5, 5.41) is 10.5. The number of ketones is 1. The third kappa shape index (κ3) is 3.13. The summed E-state index contributed by atoms with van der Waals surface area (Å²) in [6.07, 6.45) is 0. The number of thiol groups is 1. The number of hydrogen-bond donors (Lipinski definition) is 1. The molecule has 0 amide bonds. The smallest absolute Gasteiger partial charge is 0.545 e. The molecule has 0 saturated heterocycles. The van der Waals surface area contributed by atoms with Crippen molar-refractivity contribution in [3.63, 3.8) is 0 Å². The molecule has 0 bridgehead atoms. The van der Waals surface area contributed by atoms with Crippen molar-refractivity contribution in [3.05, 3.63) is 29.3 Å². The van der Waals surface area contributed by atoms with E-state index in [2.05, 4.69) is 12.6 Å². The van der Waals surface area contributed by atoms with Gasteiger partial charge in [-0.05, 0) is 19.1 Å². The first-order valence-corrected chi connectivity index (χ1v) is 4.02. The second-order valence-electron chi connectivity index (χ2n) is 2.58. The zero-order valence-electron chi connectivity index (χ0n) is 7.90. The van der Waals surface area contributed by atoms with Gasteiger partial charge in [0.25, 0.3) is 0 Å². The first-order valence-electron chi connectivity index (χ1n) is 3.57. The third-order valence-corrected chi connectivity index (χ3v) is 2.01. The van der Waals surface area contributed by atoms with Crippen LogP contribution in [0.4, 0.5) is 0 Å². The normalized spacial score (nSPS) is 9.00. The largest absolute Gasteiger partial charge is 1.00 e. The average Bonchev–Trinajstić information content (AvgIpc) is 2.04. The van der Waals surface area contributed by atoms with Crippen molar-refractivity contribution < 1.29 is 44.3 Å². The maximum absolute atomic E-state index is 10.9. The van der Waals surface area contributed by atoms with Crippen molar-refractivity contribution in [2.75, 3.05) is 0 Å². The molecule has 0 radical (unpaired) electrons. The van der Waals surface area contributed by atoms with Crippen LogP contribution < -0.4 is 34.7 Å². The summed E-state index contributed by atoms with van der Waals surface area (Å²) in [5.41, 5.74) is 0.285. The number of hydrogen-bond acceptors (Lipinski definition) is 4. The molecule has 0 spiro atoms. The maximum Gasteiger partial charge on any atom is 1.00 e. The molecule has 14 heavy (non-hydrogen) atoms. The Kier molecular flexibility index (Phi) is 5.44. The Morgan fingerprint density at radius 3 is 2.36 bits per heavy atom. The summed E-state index contributed by atoms with van der Waals surface area (Å²) in [6.45, 7) is 1.37. The Morgan fingerprint density at radius 1 is 1.36 bits per heavy atom. The van der Waals surface area contributed by atoms with Gasteiger partial charge in [-0.3, -0.25) is 4.79 Å². The SMILES string of the molecule is CC(=O)c1ccc(S)c(C(=O)[O-])c1.[Na+]. The summed E-state index contributed by atoms with van der Waals surface area (Å²) in [5.74, 6) is -1.51. The molecule has 0 atom stereocenters. The average molecular weight is 218 g/mol. The number of Topliss-reactive ketones (excluding diaryl/α,β-unsaturated/α-hetero) is 1. The van der Waals surface area contributed by atoms with E-state index in [1.807, 2.05) is 0 Å². The van der Waals surface area contributed by atoms with E-state index >= 15 is 0 Å². The van der Waals surface area contributed by atoms with Crippen LogP contribution in [0.2, 0.25) is 0 Å². The summed E-state index contributed by atoms with van der Waals surface area (Å²) < 4.78 is 0. The van der Waals surface area contributed by atoms with Crippen molar-refractivity contribution in [2.24, 2.45) is 0 Å². The van der Waals surface area contributed by atoms with Crippen molar-refractivity contribution in [1.82, 2.24) is 0 Å². The minimum Gasteiger partial charge on any atom is -0.545 e. The number of carbonyl (C=O) groups excluding carboxylic acids is 2. The molecule has 3 nitrogen and oxygen atoms in total. The van der Waals surface area contributed by atoms with Gasteiger partial charge in [-0.2, -0.15) is 0 Å². The van der Waals surface area contributed by atoms with Crippen LogP contribution in [0.3, 0.4) is 0 Å². The van der Waals surface area contributed by atoms with E-state index in [4.69, 9.17) is 0 Å². The van der Waals surface area contributed by atoms with Crippen LogP contribution >= 0.6 is 12.6 Å². The van der Waals surface area contributed by atoms with E-state index in [-0.39, 0.29) is 40.9 Å². The molecule has 0 saturated carbocycles. The van der Waals surface area contributed by atoms with Crippen LogP contribution in [0.15, 0.2) is 23.1 Å².